The van der Waals surface area contributed by atoms with Crippen LogP contribution in [0.15, 0.2) is 53.0 Å². The maximum absolute atomic E-state index is 6.07. The fourth-order valence-electron chi connectivity index (χ4n) is 3.01. The molecule has 0 heterocycles. The van der Waals surface area contributed by atoms with E-state index in [1.165, 1.54) is 24.0 Å². The van der Waals surface area contributed by atoms with Gasteiger partial charge in [0.25, 0.3) is 0 Å². The first-order valence-corrected chi connectivity index (χ1v) is 8.56. The number of hydrogen-bond acceptors (Lipinski definition) is 1. The van der Waals surface area contributed by atoms with Gasteiger partial charge in [-0.25, -0.2) is 0 Å². The normalized spacial score (nSPS) is 22.6. The van der Waals surface area contributed by atoms with Gasteiger partial charge in [0.1, 0.15) is 0 Å². The van der Waals surface area contributed by atoms with E-state index in [9.17, 15) is 0 Å². The van der Waals surface area contributed by atoms with Crippen molar-refractivity contribution >= 4 is 27.5 Å². The zero-order valence-electron chi connectivity index (χ0n) is 12.0. The van der Waals surface area contributed by atoms with Crippen LogP contribution in [0.25, 0.3) is 0 Å². The zero-order valence-corrected chi connectivity index (χ0v) is 14.4. The van der Waals surface area contributed by atoms with Crippen molar-refractivity contribution in [2.75, 3.05) is 0 Å². The number of nitrogens with one attached hydrogen (secondary N) is 1. The fourth-order valence-corrected chi connectivity index (χ4v) is 3.63. The van der Waals surface area contributed by atoms with Crippen LogP contribution < -0.4 is 5.32 Å². The lowest BCUT2D eigenvalue weighted by Crippen LogP contribution is -2.41. The van der Waals surface area contributed by atoms with E-state index >= 15 is 0 Å². The lowest BCUT2D eigenvalue weighted by molar-refractivity contribution is 0.271. The predicted octanol–water partition coefficient (Wildman–Crippen LogP) is 5.70. The number of hydrogen-bond donors (Lipinski definition) is 1. The van der Waals surface area contributed by atoms with E-state index in [-0.39, 0.29) is 0 Å². The van der Waals surface area contributed by atoms with Crippen molar-refractivity contribution in [2.45, 2.75) is 37.8 Å². The highest BCUT2D eigenvalue weighted by atomic mass is 79.9. The van der Waals surface area contributed by atoms with Gasteiger partial charge in [0.05, 0.1) is 0 Å². The molecule has 2 aromatic carbocycles. The van der Waals surface area contributed by atoms with Crippen molar-refractivity contribution in [1.82, 2.24) is 5.32 Å². The Kier molecular flexibility index (Phi) is 4.68. The molecule has 0 aliphatic heterocycles. The van der Waals surface area contributed by atoms with Gasteiger partial charge in [0, 0.05) is 21.6 Å². The summed E-state index contributed by atoms with van der Waals surface area (Å²) in [5.41, 5.74) is 2.70. The van der Waals surface area contributed by atoms with Crippen LogP contribution in [0.2, 0.25) is 5.02 Å². The van der Waals surface area contributed by atoms with Gasteiger partial charge in [-0.15, -0.1) is 0 Å². The molecule has 1 aliphatic rings. The van der Waals surface area contributed by atoms with E-state index < -0.39 is 0 Å². The van der Waals surface area contributed by atoms with Crippen LogP contribution in [0, 0.1) is 0 Å². The Morgan fingerprint density at radius 2 is 1.90 bits per heavy atom. The van der Waals surface area contributed by atoms with Gasteiger partial charge >= 0.3 is 0 Å². The van der Waals surface area contributed by atoms with E-state index in [0.717, 1.165) is 9.50 Å². The minimum absolute atomic E-state index is 0.382. The van der Waals surface area contributed by atoms with E-state index in [4.69, 9.17) is 11.6 Å². The molecular weight excluding hydrogens is 346 g/mol. The average Bonchev–Trinajstić information content (AvgIpc) is 2.42. The molecule has 1 N–H and O–H groups in total. The molecule has 0 radical (unpaired) electrons. The molecule has 0 saturated heterocycles. The average molecular weight is 365 g/mol. The summed E-state index contributed by atoms with van der Waals surface area (Å²) in [7, 11) is 0. The monoisotopic (exact) mass is 363 g/mol. The Labute approximate surface area is 139 Å². The molecule has 0 amide bonds. The van der Waals surface area contributed by atoms with Gasteiger partial charge in [-0.1, -0.05) is 51.8 Å². The molecule has 0 unspecified atom stereocenters. The van der Waals surface area contributed by atoms with Gasteiger partial charge < -0.3 is 5.32 Å². The zero-order chi connectivity index (χ0) is 14.8. The number of rotatable bonds is 4. The molecule has 3 rings (SSSR count). The maximum Gasteiger partial charge on any atom is 0.0408 e. The van der Waals surface area contributed by atoms with Crippen LogP contribution >= 0.6 is 27.5 Å². The molecule has 3 heteroatoms. The first kappa shape index (κ1) is 15.1. The van der Waals surface area contributed by atoms with Crippen molar-refractivity contribution in [3.05, 3.63) is 69.2 Å². The Hall–Kier alpha value is -0.830. The number of benzene rings is 2. The summed E-state index contributed by atoms with van der Waals surface area (Å²) in [5.74, 6) is 0.649. The molecule has 1 aliphatic carbocycles. The van der Waals surface area contributed by atoms with Crippen LogP contribution in [-0.4, -0.2) is 6.04 Å². The van der Waals surface area contributed by atoms with E-state index in [0.29, 0.717) is 18.0 Å². The van der Waals surface area contributed by atoms with Gasteiger partial charge in [-0.05, 0) is 61.1 Å². The topological polar surface area (TPSA) is 12.0 Å². The second-order valence-electron chi connectivity index (χ2n) is 5.86. The highest BCUT2D eigenvalue weighted by Gasteiger charge is 2.31. The van der Waals surface area contributed by atoms with Crippen LogP contribution in [0.3, 0.4) is 0 Å². The third-order valence-electron chi connectivity index (χ3n) is 4.29. The highest BCUT2D eigenvalue weighted by Crippen LogP contribution is 2.38. The summed E-state index contributed by atoms with van der Waals surface area (Å²) in [4.78, 5) is 0. The van der Waals surface area contributed by atoms with Gasteiger partial charge in [0.15, 0.2) is 0 Å². The Morgan fingerprint density at radius 3 is 2.62 bits per heavy atom. The van der Waals surface area contributed by atoms with Crippen molar-refractivity contribution in [3.8, 4) is 0 Å². The Morgan fingerprint density at radius 1 is 1.14 bits per heavy atom. The molecule has 1 nitrogen and oxygen atoms in total. The van der Waals surface area contributed by atoms with Gasteiger partial charge in [0.2, 0.25) is 0 Å². The summed E-state index contributed by atoms with van der Waals surface area (Å²) in [6.45, 7) is 2.23. The number of halogens is 2. The van der Waals surface area contributed by atoms with Crippen molar-refractivity contribution in [1.29, 1.82) is 0 Å². The van der Waals surface area contributed by atoms with Crippen molar-refractivity contribution in [3.63, 3.8) is 0 Å². The molecule has 1 saturated carbocycles. The van der Waals surface area contributed by atoms with E-state index in [2.05, 4.69) is 64.6 Å². The third kappa shape index (κ3) is 3.68. The fraction of sp³-hybridized carbons (Fsp3) is 0.333. The predicted molar refractivity (Wildman–Crippen MR) is 92.9 cm³/mol. The Bertz CT molecular complexity index is 622. The van der Waals surface area contributed by atoms with Crippen LogP contribution in [-0.2, 0) is 0 Å². The molecule has 1 fully saturated rings. The summed E-state index contributed by atoms with van der Waals surface area (Å²) in [5, 5.41) is 4.56. The van der Waals surface area contributed by atoms with Gasteiger partial charge in [-0.2, -0.15) is 0 Å². The lowest BCUT2D eigenvalue weighted by Gasteiger charge is -2.38. The maximum atomic E-state index is 6.07. The summed E-state index contributed by atoms with van der Waals surface area (Å²) >= 11 is 9.60. The molecule has 2 aromatic rings. The standard InChI is InChI=1S/C18H19BrClN/c1-12(13-4-2-6-16(19)8-13)21-18-10-15(11-18)14-5-3-7-17(20)9-14/h2-9,12,15,18,21H,10-11H2,1H3/t12-,15?,18?/m1/s1. The van der Waals surface area contributed by atoms with Crippen molar-refractivity contribution < 1.29 is 0 Å². The molecule has 0 bridgehead atoms. The summed E-state index contributed by atoms with van der Waals surface area (Å²) in [6, 6.07) is 17.8. The minimum Gasteiger partial charge on any atom is -0.307 e. The van der Waals surface area contributed by atoms with Gasteiger partial charge in [-0.3, -0.25) is 0 Å². The van der Waals surface area contributed by atoms with E-state index in [1.54, 1.807) is 0 Å². The molecular formula is C18H19BrClN. The van der Waals surface area contributed by atoms with Crippen LogP contribution in [0.4, 0.5) is 0 Å². The quantitative estimate of drug-likeness (QED) is 0.734. The van der Waals surface area contributed by atoms with Crippen LogP contribution in [0.5, 0.6) is 0 Å². The second kappa shape index (κ2) is 6.51. The molecule has 0 aromatic heterocycles. The van der Waals surface area contributed by atoms with Crippen molar-refractivity contribution in [2.24, 2.45) is 0 Å². The molecule has 110 valence electrons. The van der Waals surface area contributed by atoms with Crippen LogP contribution in [0.1, 0.15) is 42.9 Å². The molecule has 1 atom stereocenters. The highest BCUT2D eigenvalue weighted by molar-refractivity contribution is 9.10. The summed E-state index contributed by atoms with van der Waals surface area (Å²) < 4.78 is 1.14. The lowest BCUT2D eigenvalue weighted by atomic mass is 9.75. The SMILES string of the molecule is C[C@@H](NC1CC(c2cccc(Cl)c2)C1)c1cccc(Br)c1. The minimum atomic E-state index is 0.382. The Balaban J connectivity index is 1.55. The molecule has 21 heavy (non-hydrogen) atoms. The smallest absolute Gasteiger partial charge is 0.0408 e. The first-order valence-electron chi connectivity index (χ1n) is 7.39. The largest absolute Gasteiger partial charge is 0.307 e. The summed E-state index contributed by atoms with van der Waals surface area (Å²) in [6.07, 6.45) is 2.39. The third-order valence-corrected chi connectivity index (χ3v) is 5.02. The first-order chi connectivity index (χ1) is 10.1. The van der Waals surface area contributed by atoms with E-state index in [1.807, 2.05) is 12.1 Å². The molecule has 0 spiro atoms. The second-order valence-corrected chi connectivity index (χ2v) is 7.22.